The van der Waals surface area contributed by atoms with Crippen LogP contribution >= 0.6 is 11.3 Å². The second kappa shape index (κ2) is 5.18. The first-order valence-electron chi connectivity index (χ1n) is 7.33. The van der Waals surface area contributed by atoms with Gasteiger partial charge in [-0.05, 0) is 43.5 Å². The first-order chi connectivity index (χ1) is 10.7. The Morgan fingerprint density at radius 2 is 2.14 bits per heavy atom. The van der Waals surface area contributed by atoms with E-state index in [0.717, 1.165) is 41.3 Å². The Hall–Kier alpha value is -2.27. The van der Waals surface area contributed by atoms with Crippen molar-refractivity contribution < 1.29 is 0 Å². The smallest absolute Gasteiger partial charge is 0.261 e. The fourth-order valence-electron chi connectivity index (χ4n) is 2.98. The van der Waals surface area contributed by atoms with E-state index < -0.39 is 0 Å². The maximum absolute atomic E-state index is 12.9. The fourth-order valence-corrected chi connectivity index (χ4v) is 3.79. The number of fused-ring (bicyclic) bond motifs is 3. The molecule has 0 bridgehead atoms. The van der Waals surface area contributed by atoms with Gasteiger partial charge in [0, 0.05) is 35.6 Å². The number of hydrogen-bond acceptors (Lipinski definition) is 4. The van der Waals surface area contributed by atoms with Gasteiger partial charge in [-0.25, -0.2) is 4.98 Å². The van der Waals surface area contributed by atoms with Gasteiger partial charge in [0.15, 0.2) is 0 Å². The van der Waals surface area contributed by atoms with Crippen LogP contribution < -0.4 is 5.56 Å². The number of nitrogens with zero attached hydrogens (tertiary/aromatic N) is 3. The van der Waals surface area contributed by atoms with Gasteiger partial charge in [0.05, 0.1) is 11.3 Å². The molecule has 0 unspecified atom stereocenters. The summed E-state index contributed by atoms with van der Waals surface area (Å²) in [5.74, 6) is 0. The molecule has 3 aromatic rings. The molecule has 0 aromatic carbocycles. The van der Waals surface area contributed by atoms with Crippen molar-refractivity contribution in [3.05, 3.63) is 57.6 Å². The third-order valence-electron chi connectivity index (χ3n) is 4.04. The lowest BCUT2D eigenvalue weighted by atomic mass is 10.0. The van der Waals surface area contributed by atoms with Crippen LogP contribution in [0.1, 0.15) is 17.7 Å². The SMILES string of the molecule is Cc1csc(-c2ccc3n(c2=O)CCCc2ccncc2-3)n1. The molecule has 0 saturated carbocycles. The topological polar surface area (TPSA) is 47.8 Å². The predicted octanol–water partition coefficient (Wildman–Crippen LogP) is 3.29. The number of pyridine rings is 2. The van der Waals surface area contributed by atoms with Gasteiger partial charge in [-0.1, -0.05) is 0 Å². The average Bonchev–Trinajstić information content (AvgIpc) is 2.86. The Kier molecular flexibility index (Phi) is 3.15. The first-order valence-corrected chi connectivity index (χ1v) is 8.21. The summed E-state index contributed by atoms with van der Waals surface area (Å²) in [5, 5.41) is 2.78. The molecule has 0 radical (unpaired) electrons. The van der Waals surface area contributed by atoms with Gasteiger partial charge in [-0.2, -0.15) is 0 Å². The van der Waals surface area contributed by atoms with E-state index in [9.17, 15) is 4.79 Å². The number of aromatic nitrogens is 3. The van der Waals surface area contributed by atoms with Gasteiger partial charge in [-0.15, -0.1) is 11.3 Å². The monoisotopic (exact) mass is 309 g/mol. The number of aryl methyl sites for hydroxylation is 2. The van der Waals surface area contributed by atoms with E-state index in [1.54, 1.807) is 0 Å². The van der Waals surface area contributed by atoms with E-state index in [0.29, 0.717) is 5.56 Å². The highest BCUT2D eigenvalue weighted by Crippen LogP contribution is 2.28. The molecule has 110 valence electrons. The molecule has 4 rings (SSSR count). The highest BCUT2D eigenvalue weighted by Gasteiger charge is 2.18. The zero-order valence-electron chi connectivity index (χ0n) is 12.2. The summed E-state index contributed by atoms with van der Waals surface area (Å²) in [6.45, 7) is 2.68. The third kappa shape index (κ3) is 2.09. The van der Waals surface area contributed by atoms with Crippen LogP contribution in [-0.4, -0.2) is 14.5 Å². The van der Waals surface area contributed by atoms with E-state index in [2.05, 4.69) is 9.97 Å². The van der Waals surface area contributed by atoms with Crippen molar-refractivity contribution in [2.24, 2.45) is 0 Å². The summed E-state index contributed by atoms with van der Waals surface area (Å²) >= 11 is 1.52. The van der Waals surface area contributed by atoms with Crippen LogP contribution in [0.4, 0.5) is 0 Å². The molecule has 0 amide bonds. The number of rotatable bonds is 1. The highest BCUT2D eigenvalue weighted by atomic mass is 32.1. The lowest BCUT2D eigenvalue weighted by Crippen LogP contribution is -2.22. The fraction of sp³-hybridized carbons (Fsp3) is 0.235. The third-order valence-corrected chi connectivity index (χ3v) is 5.03. The average molecular weight is 309 g/mol. The molecule has 5 heteroatoms. The minimum Gasteiger partial charge on any atom is -0.308 e. The van der Waals surface area contributed by atoms with Crippen LogP contribution in [0.25, 0.3) is 21.8 Å². The largest absolute Gasteiger partial charge is 0.308 e. The van der Waals surface area contributed by atoms with Gasteiger partial charge < -0.3 is 4.57 Å². The van der Waals surface area contributed by atoms with Crippen molar-refractivity contribution in [3.8, 4) is 21.8 Å². The zero-order valence-corrected chi connectivity index (χ0v) is 13.1. The van der Waals surface area contributed by atoms with Crippen LogP contribution in [0.2, 0.25) is 0 Å². The van der Waals surface area contributed by atoms with Crippen molar-refractivity contribution in [2.75, 3.05) is 0 Å². The summed E-state index contributed by atoms with van der Waals surface area (Å²) in [7, 11) is 0. The molecule has 4 nitrogen and oxygen atoms in total. The molecule has 0 spiro atoms. The minimum absolute atomic E-state index is 0.0450. The highest BCUT2D eigenvalue weighted by molar-refractivity contribution is 7.13. The van der Waals surface area contributed by atoms with Crippen LogP contribution in [0, 0.1) is 6.92 Å². The normalized spacial score (nSPS) is 13.3. The summed E-state index contributed by atoms with van der Waals surface area (Å²) in [5.41, 5.74) is 4.98. The van der Waals surface area contributed by atoms with Gasteiger partial charge in [0.2, 0.25) is 0 Å². The molecule has 0 N–H and O–H groups in total. The van der Waals surface area contributed by atoms with E-state index in [1.807, 2.05) is 47.5 Å². The van der Waals surface area contributed by atoms with Crippen molar-refractivity contribution in [1.29, 1.82) is 0 Å². The Labute approximate surface area is 132 Å². The maximum atomic E-state index is 12.9. The second-order valence-electron chi connectivity index (χ2n) is 5.52. The Bertz CT molecular complexity index is 910. The maximum Gasteiger partial charge on any atom is 0.261 e. The summed E-state index contributed by atoms with van der Waals surface area (Å²) in [4.78, 5) is 21.6. The van der Waals surface area contributed by atoms with Gasteiger partial charge in [0.1, 0.15) is 5.01 Å². The molecule has 22 heavy (non-hydrogen) atoms. The second-order valence-corrected chi connectivity index (χ2v) is 6.38. The molecular formula is C17H15N3OS. The van der Waals surface area contributed by atoms with Gasteiger partial charge in [0.25, 0.3) is 5.56 Å². The molecule has 0 saturated heterocycles. The molecule has 0 fully saturated rings. The summed E-state index contributed by atoms with van der Waals surface area (Å²) in [6, 6.07) is 5.97. The van der Waals surface area contributed by atoms with Crippen LogP contribution in [0.5, 0.6) is 0 Å². The lowest BCUT2D eigenvalue weighted by Gasteiger charge is -2.12. The quantitative estimate of drug-likeness (QED) is 0.693. The Morgan fingerprint density at radius 1 is 1.23 bits per heavy atom. The molecule has 0 aliphatic carbocycles. The number of hydrogen-bond donors (Lipinski definition) is 0. The standard InChI is InChI=1S/C17H15N3OS/c1-11-10-22-16(19-11)13-4-5-15-14-9-18-7-6-12(14)3-2-8-20(15)17(13)21/h4-7,9-10H,2-3,8H2,1H3. The Balaban J connectivity index is 1.94. The molecule has 1 aliphatic heterocycles. The van der Waals surface area contributed by atoms with Crippen molar-refractivity contribution >= 4 is 11.3 Å². The number of thiazole rings is 1. The van der Waals surface area contributed by atoms with E-state index in [4.69, 9.17) is 0 Å². The molecule has 4 heterocycles. The van der Waals surface area contributed by atoms with Crippen molar-refractivity contribution in [2.45, 2.75) is 26.3 Å². The summed E-state index contributed by atoms with van der Waals surface area (Å²) in [6.07, 6.45) is 5.62. The molecular weight excluding hydrogens is 294 g/mol. The first kappa shape index (κ1) is 13.4. The zero-order chi connectivity index (χ0) is 15.1. The minimum atomic E-state index is 0.0450. The van der Waals surface area contributed by atoms with Crippen LogP contribution in [0.3, 0.4) is 0 Å². The van der Waals surface area contributed by atoms with Gasteiger partial charge >= 0.3 is 0 Å². The Morgan fingerprint density at radius 3 is 2.95 bits per heavy atom. The van der Waals surface area contributed by atoms with E-state index >= 15 is 0 Å². The summed E-state index contributed by atoms with van der Waals surface area (Å²) < 4.78 is 1.87. The van der Waals surface area contributed by atoms with Crippen LogP contribution in [-0.2, 0) is 13.0 Å². The van der Waals surface area contributed by atoms with Gasteiger partial charge in [-0.3, -0.25) is 9.78 Å². The molecule has 1 aliphatic rings. The van der Waals surface area contributed by atoms with E-state index in [1.165, 1.54) is 16.9 Å². The lowest BCUT2D eigenvalue weighted by molar-refractivity contribution is 0.642. The predicted molar refractivity (Wildman–Crippen MR) is 88.1 cm³/mol. The molecule has 3 aromatic heterocycles. The molecule has 0 atom stereocenters. The van der Waals surface area contributed by atoms with Crippen molar-refractivity contribution in [3.63, 3.8) is 0 Å². The van der Waals surface area contributed by atoms with E-state index in [-0.39, 0.29) is 5.56 Å². The van der Waals surface area contributed by atoms with Crippen LogP contribution in [0.15, 0.2) is 40.8 Å². The van der Waals surface area contributed by atoms with Crippen molar-refractivity contribution in [1.82, 2.24) is 14.5 Å².